The predicted octanol–water partition coefficient (Wildman–Crippen LogP) is 1.12. The molecule has 1 heterocycles. The summed E-state index contributed by atoms with van der Waals surface area (Å²) in [5.74, 6) is 6.65. The van der Waals surface area contributed by atoms with E-state index in [0.29, 0.717) is 13.0 Å². The number of hydrazine groups is 1. The van der Waals surface area contributed by atoms with E-state index in [9.17, 15) is 0 Å². The van der Waals surface area contributed by atoms with Gasteiger partial charge in [-0.25, -0.2) is 4.98 Å². The standard InChI is InChI=1S/C13H27N5O/c1-6-18-11(15-9-16-18)8-10(17-14)12(19-7-2)13(3,4)5/h9-10,12,17H,6-8,14H2,1-5H3. The number of hydrogen-bond donors (Lipinski definition) is 2. The van der Waals surface area contributed by atoms with E-state index in [2.05, 4.69) is 36.3 Å². The Hall–Kier alpha value is -0.980. The molecule has 3 N–H and O–H groups in total. The lowest BCUT2D eigenvalue weighted by atomic mass is 9.83. The van der Waals surface area contributed by atoms with Crippen LogP contribution >= 0.6 is 0 Å². The maximum absolute atomic E-state index is 5.88. The molecule has 0 aliphatic heterocycles. The minimum atomic E-state index is 0.00408. The lowest BCUT2D eigenvalue weighted by Gasteiger charge is -2.36. The van der Waals surface area contributed by atoms with Crippen LogP contribution in [0.15, 0.2) is 6.33 Å². The molecule has 110 valence electrons. The second-order valence-corrected chi connectivity index (χ2v) is 5.71. The molecule has 1 aromatic heterocycles. The SMILES string of the molecule is CCOC(C(Cc1ncnn1CC)NN)C(C)(C)C. The van der Waals surface area contributed by atoms with Crippen LogP contribution in [0.1, 0.15) is 40.4 Å². The van der Waals surface area contributed by atoms with Crippen LogP contribution in [0.4, 0.5) is 0 Å². The summed E-state index contributed by atoms with van der Waals surface area (Å²) in [4.78, 5) is 4.30. The average Bonchev–Trinajstić information content (AvgIpc) is 2.79. The number of aromatic nitrogens is 3. The fourth-order valence-electron chi connectivity index (χ4n) is 2.31. The van der Waals surface area contributed by atoms with Gasteiger partial charge < -0.3 is 4.74 Å². The van der Waals surface area contributed by atoms with Crippen molar-refractivity contribution in [3.63, 3.8) is 0 Å². The zero-order valence-corrected chi connectivity index (χ0v) is 12.7. The molecule has 6 heteroatoms. The van der Waals surface area contributed by atoms with E-state index < -0.39 is 0 Å². The van der Waals surface area contributed by atoms with Gasteiger partial charge in [0.25, 0.3) is 0 Å². The minimum absolute atomic E-state index is 0.00408. The molecule has 1 aromatic rings. The molecule has 1 rings (SSSR count). The Labute approximate surface area is 115 Å². The molecule has 0 spiro atoms. The first kappa shape index (κ1) is 16.1. The van der Waals surface area contributed by atoms with Crippen molar-refractivity contribution < 1.29 is 4.74 Å². The zero-order valence-electron chi connectivity index (χ0n) is 12.7. The number of rotatable bonds is 7. The molecule has 0 amide bonds. The summed E-state index contributed by atoms with van der Waals surface area (Å²) in [5, 5.41) is 4.19. The Morgan fingerprint density at radius 1 is 1.42 bits per heavy atom. The normalized spacial score (nSPS) is 15.5. The van der Waals surface area contributed by atoms with Crippen LogP contribution < -0.4 is 11.3 Å². The highest BCUT2D eigenvalue weighted by atomic mass is 16.5. The van der Waals surface area contributed by atoms with E-state index in [-0.39, 0.29) is 17.6 Å². The van der Waals surface area contributed by atoms with E-state index in [4.69, 9.17) is 10.6 Å². The summed E-state index contributed by atoms with van der Waals surface area (Å²) < 4.78 is 7.77. The molecule has 0 aliphatic rings. The van der Waals surface area contributed by atoms with Crippen molar-refractivity contribution in [3.05, 3.63) is 12.2 Å². The van der Waals surface area contributed by atoms with E-state index >= 15 is 0 Å². The summed E-state index contributed by atoms with van der Waals surface area (Å²) in [7, 11) is 0. The van der Waals surface area contributed by atoms with Gasteiger partial charge >= 0.3 is 0 Å². The molecule has 19 heavy (non-hydrogen) atoms. The van der Waals surface area contributed by atoms with E-state index in [1.807, 2.05) is 18.5 Å². The van der Waals surface area contributed by atoms with Gasteiger partial charge in [0.05, 0.1) is 12.1 Å². The second kappa shape index (κ2) is 6.98. The third-order valence-corrected chi connectivity index (χ3v) is 3.18. The molecule has 0 aromatic carbocycles. The Kier molecular flexibility index (Phi) is 5.90. The molecule has 0 saturated carbocycles. The number of ether oxygens (including phenoxy) is 1. The smallest absolute Gasteiger partial charge is 0.138 e. The van der Waals surface area contributed by atoms with Crippen LogP contribution in [0.3, 0.4) is 0 Å². The minimum Gasteiger partial charge on any atom is -0.376 e. The fraction of sp³-hybridized carbons (Fsp3) is 0.846. The highest BCUT2D eigenvalue weighted by Gasteiger charge is 2.33. The summed E-state index contributed by atoms with van der Waals surface area (Å²) in [6.07, 6.45) is 2.30. The van der Waals surface area contributed by atoms with Crippen molar-refractivity contribution in [2.45, 2.75) is 59.7 Å². The third-order valence-electron chi connectivity index (χ3n) is 3.18. The van der Waals surface area contributed by atoms with Crippen LogP contribution in [-0.2, 0) is 17.7 Å². The molecule has 0 radical (unpaired) electrons. The van der Waals surface area contributed by atoms with E-state index in [1.54, 1.807) is 6.33 Å². The molecule has 2 unspecified atom stereocenters. The maximum Gasteiger partial charge on any atom is 0.138 e. The second-order valence-electron chi connectivity index (χ2n) is 5.71. The van der Waals surface area contributed by atoms with Crippen LogP contribution in [0.2, 0.25) is 0 Å². The monoisotopic (exact) mass is 269 g/mol. The first-order valence-corrected chi connectivity index (χ1v) is 6.88. The first-order valence-electron chi connectivity index (χ1n) is 6.88. The van der Waals surface area contributed by atoms with Gasteiger partial charge in [-0.05, 0) is 19.3 Å². The van der Waals surface area contributed by atoms with E-state index in [0.717, 1.165) is 12.4 Å². The highest BCUT2D eigenvalue weighted by molar-refractivity contribution is 4.95. The Bertz CT molecular complexity index is 371. The molecular weight excluding hydrogens is 242 g/mol. The topological polar surface area (TPSA) is 78.0 Å². The van der Waals surface area contributed by atoms with Crippen LogP contribution in [0.25, 0.3) is 0 Å². The maximum atomic E-state index is 5.88. The van der Waals surface area contributed by atoms with Gasteiger partial charge in [-0.3, -0.25) is 16.0 Å². The number of aryl methyl sites for hydroxylation is 1. The van der Waals surface area contributed by atoms with Gasteiger partial charge in [0.1, 0.15) is 12.2 Å². The summed E-state index contributed by atoms with van der Waals surface area (Å²) in [6, 6.07) is 0.00875. The van der Waals surface area contributed by atoms with Gasteiger partial charge in [-0.1, -0.05) is 20.8 Å². The fourth-order valence-corrected chi connectivity index (χ4v) is 2.31. The van der Waals surface area contributed by atoms with Crippen molar-refractivity contribution in [2.24, 2.45) is 11.3 Å². The molecule has 0 aliphatic carbocycles. The summed E-state index contributed by atoms with van der Waals surface area (Å²) >= 11 is 0. The van der Waals surface area contributed by atoms with Gasteiger partial charge in [-0.15, -0.1) is 0 Å². The lowest BCUT2D eigenvalue weighted by Crippen LogP contribution is -2.52. The number of nitrogens with two attached hydrogens (primary N) is 1. The Balaban J connectivity index is 2.86. The molecular formula is C13H27N5O. The van der Waals surface area contributed by atoms with Crippen molar-refractivity contribution in [2.75, 3.05) is 6.61 Å². The zero-order chi connectivity index (χ0) is 14.5. The van der Waals surface area contributed by atoms with Gasteiger partial charge in [0.15, 0.2) is 0 Å². The number of nitrogens with zero attached hydrogens (tertiary/aromatic N) is 3. The summed E-state index contributed by atoms with van der Waals surface area (Å²) in [5.41, 5.74) is 2.88. The number of nitrogens with one attached hydrogen (secondary N) is 1. The van der Waals surface area contributed by atoms with Crippen molar-refractivity contribution >= 4 is 0 Å². The lowest BCUT2D eigenvalue weighted by molar-refractivity contribution is -0.0361. The van der Waals surface area contributed by atoms with Gasteiger partial charge in [0.2, 0.25) is 0 Å². The molecule has 0 bridgehead atoms. The van der Waals surface area contributed by atoms with Crippen molar-refractivity contribution in [1.29, 1.82) is 0 Å². The summed E-state index contributed by atoms with van der Waals surface area (Å²) in [6.45, 7) is 12.0. The van der Waals surface area contributed by atoms with Crippen molar-refractivity contribution in [1.82, 2.24) is 20.2 Å². The molecule has 2 atom stereocenters. The first-order chi connectivity index (χ1) is 8.93. The Morgan fingerprint density at radius 2 is 2.11 bits per heavy atom. The average molecular weight is 269 g/mol. The van der Waals surface area contributed by atoms with Gasteiger partial charge in [0, 0.05) is 19.6 Å². The van der Waals surface area contributed by atoms with E-state index in [1.165, 1.54) is 0 Å². The highest BCUT2D eigenvalue weighted by Crippen LogP contribution is 2.26. The largest absolute Gasteiger partial charge is 0.376 e. The van der Waals surface area contributed by atoms with Crippen LogP contribution in [0, 0.1) is 5.41 Å². The predicted molar refractivity (Wildman–Crippen MR) is 75.4 cm³/mol. The van der Waals surface area contributed by atoms with Gasteiger partial charge in [-0.2, -0.15) is 5.10 Å². The Morgan fingerprint density at radius 3 is 2.58 bits per heavy atom. The molecule has 6 nitrogen and oxygen atoms in total. The molecule has 0 saturated heterocycles. The third kappa shape index (κ3) is 4.26. The quantitative estimate of drug-likeness (QED) is 0.573. The van der Waals surface area contributed by atoms with Crippen LogP contribution in [0.5, 0.6) is 0 Å². The number of hydrogen-bond acceptors (Lipinski definition) is 5. The molecule has 0 fully saturated rings. The van der Waals surface area contributed by atoms with Crippen LogP contribution in [-0.4, -0.2) is 33.5 Å². The van der Waals surface area contributed by atoms with Crippen molar-refractivity contribution in [3.8, 4) is 0 Å².